The number of hydrogen-bond acceptors (Lipinski definition) is 2. The number of carbonyl (C=O) groups excluding carboxylic acids is 1. The van der Waals surface area contributed by atoms with Gasteiger partial charge in [-0.05, 0) is 25.5 Å². The highest BCUT2D eigenvalue weighted by atomic mass is 16.2. The Bertz CT molecular complexity index is 407. The second-order valence-electron chi connectivity index (χ2n) is 4.87. The van der Waals surface area contributed by atoms with Crippen molar-refractivity contribution in [3.8, 4) is 0 Å². The van der Waals surface area contributed by atoms with Crippen molar-refractivity contribution < 1.29 is 4.79 Å². The lowest BCUT2D eigenvalue weighted by molar-refractivity contribution is 0.102. The van der Waals surface area contributed by atoms with Gasteiger partial charge in [0.25, 0.3) is 0 Å². The number of amides is 2. The molecule has 0 atom stereocenters. The average Bonchev–Trinajstić information content (AvgIpc) is 2.28. The van der Waals surface area contributed by atoms with Crippen LogP contribution in [0.5, 0.6) is 0 Å². The molecular formula is C13H19N3O. The summed E-state index contributed by atoms with van der Waals surface area (Å²) in [5.41, 5.74) is 7.85. The highest BCUT2D eigenvalue weighted by Gasteiger charge is 2.40. The molecule has 0 aromatic heterocycles. The number of nitrogens with zero attached hydrogens (tertiary/aromatic N) is 1. The average molecular weight is 233 g/mol. The number of aryl methyl sites for hydroxylation is 1. The number of anilines is 1. The Kier molecular flexibility index (Phi) is 3.07. The van der Waals surface area contributed by atoms with Gasteiger partial charge in [0, 0.05) is 18.8 Å². The van der Waals surface area contributed by atoms with Gasteiger partial charge in [0.1, 0.15) is 0 Å². The molecule has 0 bridgehead atoms. The van der Waals surface area contributed by atoms with E-state index in [-0.39, 0.29) is 11.6 Å². The number of carbonyl (C=O) groups is 1. The van der Waals surface area contributed by atoms with Crippen LogP contribution in [0.1, 0.15) is 18.9 Å². The van der Waals surface area contributed by atoms with E-state index in [2.05, 4.69) is 12.2 Å². The molecule has 2 rings (SSSR count). The topological polar surface area (TPSA) is 58.4 Å². The smallest absolute Gasteiger partial charge is 0.321 e. The van der Waals surface area contributed by atoms with Crippen molar-refractivity contribution in [3.63, 3.8) is 0 Å². The van der Waals surface area contributed by atoms with E-state index in [0.29, 0.717) is 13.1 Å². The molecule has 1 heterocycles. The predicted molar refractivity (Wildman–Crippen MR) is 69.0 cm³/mol. The molecule has 3 N–H and O–H groups in total. The fraction of sp³-hybridized carbons (Fsp3) is 0.462. The molecule has 0 unspecified atom stereocenters. The lowest BCUT2D eigenvalue weighted by atomic mass is 9.89. The Labute approximate surface area is 102 Å². The van der Waals surface area contributed by atoms with Gasteiger partial charge in [0.2, 0.25) is 0 Å². The normalized spacial score (nSPS) is 17.5. The van der Waals surface area contributed by atoms with Crippen molar-refractivity contribution in [2.75, 3.05) is 18.4 Å². The summed E-state index contributed by atoms with van der Waals surface area (Å²) < 4.78 is 0. The van der Waals surface area contributed by atoms with Crippen molar-refractivity contribution in [1.82, 2.24) is 4.90 Å². The summed E-state index contributed by atoms with van der Waals surface area (Å²) in [5, 5.41) is 2.86. The third-order valence-corrected chi connectivity index (χ3v) is 3.31. The van der Waals surface area contributed by atoms with Gasteiger partial charge in [-0.2, -0.15) is 0 Å². The Morgan fingerprint density at radius 1 is 1.41 bits per heavy atom. The summed E-state index contributed by atoms with van der Waals surface area (Å²) in [6.45, 7) is 5.35. The molecule has 0 aliphatic carbocycles. The number of rotatable bonds is 2. The largest absolute Gasteiger partial charge is 0.322 e. The van der Waals surface area contributed by atoms with Gasteiger partial charge in [-0.1, -0.05) is 24.6 Å². The lowest BCUT2D eigenvalue weighted by Crippen LogP contribution is -2.68. The monoisotopic (exact) mass is 233 g/mol. The minimum absolute atomic E-state index is 0.0663. The van der Waals surface area contributed by atoms with E-state index >= 15 is 0 Å². The quantitative estimate of drug-likeness (QED) is 0.820. The Balaban J connectivity index is 1.89. The first-order chi connectivity index (χ1) is 8.02. The van der Waals surface area contributed by atoms with Gasteiger partial charge in [-0.15, -0.1) is 0 Å². The van der Waals surface area contributed by atoms with Gasteiger partial charge in [0.15, 0.2) is 0 Å². The maximum atomic E-state index is 11.8. The summed E-state index contributed by atoms with van der Waals surface area (Å²) in [4.78, 5) is 13.6. The molecule has 0 radical (unpaired) electrons. The van der Waals surface area contributed by atoms with E-state index < -0.39 is 0 Å². The fourth-order valence-corrected chi connectivity index (χ4v) is 1.92. The van der Waals surface area contributed by atoms with Gasteiger partial charge < -0.3 is 16.0 Å². The molecule has 1 aliphatic rings. The summed E-state index contributed by atoms with van der Waals surface area (Å²) in [6.07, 6.45) is 0.904. The van der Waals surface area contributed by atoms with Crippen molar-refractivity contribution in [1.29, 1.82) is 0 Å². The van der Waals surface area contributed by atoms with Gasteiger partial charge in [-0.25, -0.2) is 4.79 Å². The molecule has 1 aromatic rings. The molecule has 1 saturated heterocycles. The maximum absolute atomic E-state index is 11.8. The number of nitrogens with two attached hydrogens (primary N) is 1. The highest BCUT2D eigenvalue weighted by molar-refractivity contribution is 5.90. The van der Waals surface area contributed by atoms with Crippen molar-refractivity contribution >= 4 is 11.7 Å². The zero-order valence-electron chi connectivity index (χ0n) is 10.4. The number of nitrogens with one attached hydrogen (secondary N) is 1. The molecule has 1 aromatic carbocycles. The SMILES string of the molecule is CCC1(N)CN(C(=O)Nc2ccc(C)cc2)C1. The first-order valence-electron chi connectivity index (χ1n) is 5.94. The van der Waals surface area contributed by atoms with E-state index in [9.17, 15) is 4.79 Å². The molecule has 17 heavy (non-hydrogen) atoms. The Hall–Kier alpha value is -1.55. The standard InChI is InChI=1S/C13H19N3O/c1-3-13(14)8-16(9-13)12(17)15-11-6-4-10(2)5-7-11/h4-7H,3,8-9,14H2,1-2H3,(H,15,17). The molecule has 4 heteroatoms. The van der Waals surface area contributed by atoms with Crippen LogP contribution in [-0.4, -0.2) is 29.6 Å². The number of urea groups is 1. The Morgan fingerprint density at radius 2 is 2.00 bits per heavy atom. The second kappa shape index (κ2) is 4.37. The molecule has 4 nitrogen and oxygen atoms in total. The first kappa shape index (κ1) is 11.9. The molecule has 92 valence electrons. The van der Waals surface area contributed by atoms with Crippen LogP contribution in [0, 0.1) is 6.92 Å². The second-order valence-corrected chi connectivity index (χ2v) is 4.87. The zero-order valence-corrected chi connectivity index (χ0v) is 10.4. The number of benzene rings is 1. The molecule has 0 saturated carbocycles. The van der Waals surface area contributed by atoms with Crippen molar-refractivity contribution in [2.45, 2.75) is 25.8 Å². The van der Waals surface area contributed by atoms with Crippen LogP contribution in [0.2, 0.25) is 0 Å². The lowest BCUT2D eigenvalue weighted by Gasteiger charge is -2.47. The fourth-order valence-electron chi connectivity index (χ4n) is 1.92. The van der Waals surface area contributed by atoms with Gasteiger partial charge in [-0.3, -0.25) is 0 Å². The van der Waals surface area contributed by atoms with Crippen LogP contribution in [0.15, 0.2) is 24.3 Å². The molecule has 1 fully saturated rings. The van der Waals surface area contributed by atoms with Crippen LogP contribution in [-0.2, 0) is 0 Å². The number of hydrogen-bond donors (Lipinski definition) is 2. The van der Waals surface area contributed by atoms with Crippen LogP contribution in [0.4, 0.5) is 10.5 Å². The highest BCUT2D eigenvalue weighted by Crippen LogP contribution is 2.22. The maximum Gasteiger partial charge on any atom is 0.321 e. The van der Waals surface area contributed by atoms with E-state index in [1.807, 2.05) is 31.2 Å². The molecule has 0 spiro atoms. The molecule has 2 amide bonds. The first-order valence-corrected chi connectivity index (χ1v) is 5.94. The van der Waals surface area contributed by atoms with Crippen LogP contribution in [0.25, 0.3) is 0 Å². The predicted octanol–water partition coefficient (Wildman–Crippen LogP) is 1.95. The minimum atomic E-state index is -0.176. The summed E-state index contributed by atoms with van der Waals surface area (Å²) in [5.74, 6) is 0. The Morgan fingerprint density at radius 3 is 2.53 bits per heavy atom. The van der Waals surface area contributed by atoms with Crippen molar-refractivity contribution in [3.05, 3.63) is 29.8 Å². The molecular weight excluding hydrogens is 214 g/mol. The van der Waals surface area contributed by atoms with Crippen molar-refractivity contribution in [2.24, 2.45) is 5.73 Å². The number of likely N-dealkylation sites (tertiary alicyclic amines) is 1. The van der Waals surface area contributed by atoms with E-state index in [1.54, 1.807) is 4.90 Å². The summed E-state index contributed by atoms with van der Waals surface area (Å²) in [7, 11) is 0. The summed E-state index contributed by atoms with van der Waals surface area (Å²) in [6, 6.07) is 7.70. The molecule has 1 aliphatic heterocycles. The van der Waals surface area contributed by atoms with E-state index in [0.717, 1.165) is 12.1 Å². The van der Waals surface area contributed by atoms with E-state index in [1.165, 1.54) is 5.56 Å². The summed E-state index contributed by atoms with van der Waals surface area (Å²) >= 11 is 0. The zero-order chi connectivity index (χ0) is 12.5. The minimum Gasteiger partial charge on any atom is -0.322 e. The van der Waals surface area contributed by atoms with Crippen LogP contribution in [0.3, 0.4) is 0 Å². The van der Waals surface area contributed by atoms with Crippen LogP contribution < -0.4 is 11.1 Å². The van der Waals surface area contributed by atoms with Gasteiger partial charge >= 0.3 is 6.03 Å². The third kappa shape index (κ3) is 2.58. The van der Waals surface area contributed by atoms with Crippen LogP contribution >= 0.6 is 0 Å². The third-order valence-electron chi connectivity index (χ3n) is 3.31. The van der Waals surface area contributed by atoms with E-state index in [4.69, 9.17) is 5.73 Å². The van der Waals surface area contributed by atoms with Gasteiger partial charge in [0.05, 0.1) is 5.54 Å².